The number of rotatable bonds is 3. The van der Waals surface area contributed by atoms with E-state index in [0.717, 1.165) is 41.6 Å². The normalized spacial score (nSPS) is 26.4. The fraction of sp³-hybridized carbons (Fsp3) is 0.769. The Hall–Kier alpha value is -0.650. The van der Waals surface area contributed by atoms with Crippen molar-refractivity contribution >= 4 is 16.5 Å². The van der Waals surface area contributed by atoms with Crippen molar-refractivity contribution in [2.24, 2.45) is 0 Å². The summed E-state index contributed by atoms with van der Waals surface area (Å²) in [6.07, 6.45) is 1.77. The molecule has 0 radical (unpaired) electrons. The van der Waals surface area contributed by atoms with Crippen LogP contribution in [-0.2, 0) is 4.74 Å². The van der Waals surface area contributed by atoms with Crippen LogP contribution in [0.25, 0.3) is 0 Å². The fourth-order valence-corrected chi connectivity index (χ4v) is 3.48. The van der Waals surface area contributed by atoms with Gasteiger partial charge in [0, 0.05) is 20.2 Å². The van der Waals surface area contributed by atoms with Crippen LogP contribution in [0.4, 0.5) is 5.13 Å². The van der Waals surface area contributed by atoms with E-state index in [1.54, 1.807) is 25.4 Å². The molecule has 1 fully saturated rings. The van der Waals surface area contributed by atoms with Gasteiger partial charge in [0.25, 0.3) is 0 Å². The summed E-state index contributed by atoms with van der Waals surface area (Å²) in [7, 11) is 1.78. The summed E-state index contributed by atoms with van der Waals surface area (Å²) in [6.45, 7) is 7.79. The molecule has 4 nitrogen and oxygen atoms in total. The molecule has 2 heterocycles. The van der Waals surface area contributed by atoms with Gasteiger partial charge in [-0.3, -0.25) is 0 Å². The first-order valence-corrected chi connectivity index (χ1v) is 7.22. The van der Waals surface area contributed by atoms with E-state index in [1.165, 1.54) is 0 Å². The lowest BCUT2D eigenvalue weighted by molar-refractivity contribution is -0.00466. The van der Waals surface area contributed by atoms with Crippen molar-refractivity contribution in [1.29, 1.82) is 0 Å². The van der Waals surface area contributed by atoms with Crippen molar-refractivity contribution in [2.45, 2.75) is 45.3 Å². The van der Waals surface area contributed by atoms with Crippen molar-refractivity contribution in [3.05, 3.63) is 10.6 Å². The van der Waals surface area contributed by atoms with Gasteiger partial charge in [-0.05, 0) is 33.6 Å². The Labute approximate surface area is 113 Å². The maximum atomic E-state index is 9.69. The van der Waals surface area contributed by atoms with Gasteiger partial charge in [-0.25, -0.2) is 4.98 Å². The van der Waals surface area contributed by atoms with Gasteiger partial charge in [-0.2, -0.15) is 0 Å². The van der Waals surface area contributed by atoms with Crippen LogP contribution in [0, 0.1) is 6.92 Å². The van der Waals surface area contributed by atoms with Gasteiger partial charge < -0.3 is 14.7 Å². The van der Waals surface area contributed by atoms with Crippen molar-refractivity contribution in [2.75, 3.05) is 25.1 Å². The van der Waals surface area contributed by atoms with Crippen molar-refractivity contribution in [3.63, 3.8) is 0 Å². The highest BCUT2D eigenvalue weighted by atomic mass is 32.1. The molecular formula is C13H22N2O2S. The number of nitrogens with zero attached hydrogens (tertiary/aromatic N) is 2. The first kappa shape index (κ1) is 13.8. The van der Waals surface area contributed by atoms with Crippen LogP contribution < -0.4 is 4.90 Å². The van der Waals surface area contributed by atoms with Gasteiger partial charge in [0.15, 0.2) is 5.13 Å². The number of hydrogen-bond acceptors (Lipinski definition) is 5. The molecule has 1 aliphatic rings. The summed E-state index contributed by atoms with van der Waals surface area (Å²) in [4.78, 5) is 7.83. The zero-order valence-electron chi connectivity index (χ0n) is 11.6. The van der Waals surface area contributed by atoms with Crippen LogP contribution in [0.2, 0.25) is 0 Å². The van der Waals surface area contributed by atoms with E-state index >= 15 is 0 Å². The number of hydrogen-bond donors (Lipinski definition) is 1. The number of aromatic nitrogens is 1. The third-order valence-corrected chi connectivity index (χ3v) is 5.01. The molecule has 2 unspecified atom stereocenters. The second-order valence-electron chi connectivity index (χ2n) is 5.30. The third-order valence-electron chi connectivity index (χ3n) is 3.62. The molecule has 2 atom stereocenters. The number of methoxy groups -OCH3 is 1. The van der Waals surface area contributed by atoms with Crippen molar-refractivity contribution in [3.8, 4) is 0 Å². The van der Waals surface area contributed by atoms with Crippen molar-refractivity contribution in [1.82, 2.24) is 4.98 Å². The summed E-state index contributed by atoms with van der Waals surface area (Å²) < 4.78 is 5.60. The Bertz CT molecular complexity index is 419. The molecule has 102 valence electrons. The predicted octanol–water partition coefficient (Wildman–Crippen LogP) is 2.51. The Balaban J connectivity index is 2.19. The number of piperidine rings is 1. The minimum Gasteiger partial charge on any atom is -0.388 e. The van der Waals surface area contributed by atoms with Crippen molar-refractivity contribution < 1.29 is 9.84 Å². The molecule has 2 rings (SSSR count). The van der Waals surface area contributed by atoms with Gasteiger partial charge in [0.05, 0.1) is 22.3 Å². The maximum absolute atomic E-state index is 9.69. The van der Waals surface area contributed by atoms with E-state index in [1.807, 2.05) is 6.92 Å². The monoisotopic (exact) mass is 270 g/mol. The summed E-state index contributed by atoms with van der Waals surface area (Å²) in [5.41, 5.74) is 0.859. The molecule has 0 aromatic carbocycles. The summed E-state index contributed by atoms with van der Waals surface area (Å²) in [5.74, 6) is 0. The minimum atomic E-state index is -0.435. The second kappa shape index (κ2) is 5.15. The lowest BCUT2D eigenvalue weighted by atomic mass is 9.95. The Kier molecular flexibility index (Phi) is 3.94. The minimum absolute atomic E-state index is 0.0805. The van der Waals surface area contributed by atoms with Gasteiger partial charge >= 0.3 is 0 Å². The summed E-state index contributed by atoms with van der Waals surface area (Å²) in [6, 6.07) is 0. The Morgan fingerprint density at radius 2 is 2.28 bits per heavy atom. The SMILES string of the molecule is COC1(C)CCCN(c2nc(C)c(C(C)O)s2)C1. The van der Waals surface area contributed by atoms with E-state index in [4.69, 9.17) is 4.74 Å². The highest BCUT2D eigenvalue weighted by Gasteiger charge is 2.32. The topological polar surface area (TPSA) is 45.6 Å². The summed E-state index contributed by atoms with van der Waals surface area (Å²) in [5, 5.41) is 10.7. The van der Waals surface area contributed by atoms with Crippen LogP contribution in [0.15, 0.2) is 0 Å². The zero-order chi connectivity index (χ0) is 13.3. The van der Waals surface area contributed by atoms with E-state index in [2.05, 4.69) is 16.8 Å². The standard InChI is InChI=1S/C13H22N2O2S/c1-9-11(10(2)16)18-12(14-9)15-7-5-6-13(3,8-15)17-4/h10,16H,5-8H2,1-4H3. The van der Waals surface area contributed by atoms with Crippen LogP contribution in [0.5, 0.6) is 0 Å². The first-order chi connectivity index (χ1) is 8.45. The molecule has 0 amide bonds. The van der Waals surface area contributed by atoms with E-state index in [9.17, 15) is 5.11 Å². The highest BCUT2D eigenvalue weighted by molar-refractivity contribution is 7.15. The highest BCUT2D eigenvalue weighted by Crippen LogP contribution is 2.34. The average molecular weight is 270 g/mol. The number of thiazole rings is 1. The first-order valence-electron chi connectivity index (χ1n) is 6.41. The molecule has 0 spiro atoms. The molecule has 1 aromatic heterocycles. The van der Waals surface area contributed by atoms with E-state index < -0.39 is 6.10 Å². The fourth-order valence-electron chi connectivity index (χ4n) is 2.45. The summed E-state index contributed by atoms with van der Waals surface area (Å²) >= 11 is 1.59. The van der Waals surface area contributed by atoms with E-state index in [-0.39, 0.29) is 5.60 Å². The number of ether oxygens (including phenoxy) is 1. The van der Waals surface area contributed by atoms with Crippen LogP contribution >= 0.6 is 11.3 Å². The molecule has 0 bridgehead atoms. The molecule has 1 aliphatic heterocycles. The van der Waals surface area contributed by atoms with Crippen LogP contribution in [0.3, 0.4) is 0 Å². The molecular weight excluding hydrogens is 248 g/mol. The van der Waals surface area contributed by atoms with Gasteiger partial charge in [0.1, 0.15) is 0 Å². The second-order valence-corrected chi connectivity index (χ2v) is 6.31. The van der Waals surface area contributed by atoms with Crippen LogP contribution in [-0.4, -0.2) is 35.9 Å². The number of aliphatic hydroxyl groups is 1. The molecule has 18 heavy (non-hydrogen) atoms. The van der Waals surface area contributed by atoms with Crippen LogP contribution in [0.1, 0.15) is 43.4 Å². The lowest BCUT2D eigenvalue weighted by Crippen LogP contribution is -2.47. The average Bonchev–Trinajstić information content (AvgIpc) is 2.72. The smallest absolute Gasteiger partial charge is 0.185 e. The third kappa shape index (κ3) is 2.68. The molecule has 1 saturated heterocycles. The molecule has 1 N–H and O–H groups in total. The molecule has 0 aliphatic carbocycles. The number of aliphatic hydroxyl groups excluding tert-OH is 1. The van der Waals surface area contributed by atoms with Gasteiger partial charge in [-0.15, -0.1) is 0 Å². The molecule has 1 aromatic rings. The Morgan fingerprint density at radius 1 is 1.56 bits per heavy atom. The predicted molar refractivity (Wildman–Crippen MR) is 74.3 cm³/mol. The van der Waals surface area contributed by atoms with E-state index in [0.29, 0.717) is 0 Å². The number of anilines is 1. The molecule has 5 heteroatoms. The largest absolute Gasteiger partial charge is 0.388 e. The van der Waals surface area contributed by atoms with Gasteiger partial charge in [-0.1, -0.05) is 11.3 Å². The zero-order valence-corrected chi connectivity index (χ0v) is 12.4. The Morgan fingerprint density at radius 3 is 2.83 bits per heavy atom. The molecule has 0 saturated carbocycles. The number of aryl methyl sites for hydroxylation is 1. The lowest BCUT2D eigenvalue weighted by Gasteiger charge is -2.39. The van der Waals surface area contributed by atoms with Gasteiger partial charge in [0.2, 0.25) is 0 Å². The maximum Gasteiger partial charge on any atom is 0.185 e. The quantitative estimate of drug-likeness (QED) is 0.916.